The Hall–Kier alpha value is -1.77. The topological polar surface area (TPSA) is 76.4 Å². The Morgan fingerprint density at radius 3 is 2.75 bits per heavy atom. The molecule has 0 saturated carbocycles. The Labute approximate surface area is 120 Å². The molecule has 0 atom stereocenters. The summed E-state index contributed by atoms with van der Waals surface area (Å²) in [6, 6.07) is 8.26. The Morgan fingerprint density at radius 1 is 1.30 bits per heavy atom. The highest BCUT2D eigenvalue weighted by Crippen LogP contribution is 2.14. The zero-order valence-corrected chi connectivity index (χ0v) is 12.3. The van der Waals surface area contributed by atoms with Crippen LogP contribution in [0.1, 0.15) is 10.7 Å². The number of sulfonamides is 1. The van der Waals surface area contributed by atoms with Gasteiger partial charge in [-0.1, -0.05) is 29.5 Å². The molecule has 0 spiro atoms. The molecule has 1 N–H and O–H groups in total. The van der Waals surface area contributed by atoms with Gasteiger partial charge in [0, 0.05) is 0 Å². The molecule has 0 saturated heterocycles. The largest absolute Gasteiger partial charge is 0.240 e. The first-order chi connectivity index (χ1) is 9.54. The molecule has 3 aromatic rings. The molecule has 0 unspecified atom stereocenters. The van der Waals surface area contributed by atoms with Crippen molar-refractivity contribution in [2.24, 2.45) is 0 Å². The summed E-state index contributed by atoms with van der Waals surface area (Å²) in [6.07, 6.45) is 1.73. The highest BCUT2D eigenvalue weighted by atomic mass is 32.2. The smallest absolute Gasteiger partial charge is 0.221 e. The zero-order valence-electron chi connectivity index (χ0n) is 10.6. The summed E-state index contributed by atoms with van der Waals surface area (Å²) in [5, 5.41) is 5.15. The molecule has 3 rings (SSSR count). The van der Waals surface area contributed by atoms with E-state index >= 15 is 0 Å². The van der Waals surface area contributed by atoms with Crippen molar-refractivity contribution in [1.29, 1.82) is 0 Å². The van der Waals surface area contributed by atoms with Gasteiger partial charge in [0.2, 0.25) is 15.0 Å². The third-order valence-electron chi connectivity index (χ3n) is 2.69. The van der Waals surface area contributed by atoms with E-state index in [1.807, 2.05) is 6.92 Å². The van der Waals surface area contributed by atoms with Crippen molar-refractivity contribution < 1.29 is 8.42 Å². The number of imidazole rings is 1. The number of aryl methyl sites for hydroxylation is 1. The van der Waals surface area contributed by atoms with Crippen LogP contribution in [-0.4, -0.2) is 23.0 Å². The van der Waals surface area contributed by atoms with Crippen molar-refractivity contribution in [2.75, 3.05) is 0 Å². The summed E-state index contributed by atoms with van der Waals surface area (Å²) >= 11 is 1.47. The lowest BCUT2D eigenvalue weighted by atomic mass is 10.4. The zero-order chi connectivity index (χ0) is 14.2. The van der Waals surface area contributed by atoms with Gasteiger partial charge in [-0.2, -0.15) is 5.10 Å². The summed E-state index contributed by atoms with van der Waals surface area (Å²) in [5.74, 6) is 0. The molecule has 8 heteroatoms. The highest BCUT2D eigenvalue weighted by Gasteiger charge is 2.14. The van der Waals surface area contributed by atoms with Crippen LogP contribution in [-0.2, 0) is 16.6 Å². The fourth-order valence-electron chi connectivity index (χ4n) is 1.78. The summed E-state index contributed by atoms with van der Waals surface area (Å²) in [6.45, 7) is 2.05. The minimum absolute atomic E-state index is 0.145. The van der Waals surface area contributed by atoms with Gasteiger partial charge < -0.3 is 0 Å². The van der Waals surface area contributed by atoms with Crippen molar-refractivity contribution in [3.63, 3.8) is 0 Å². The van der Waals surface area contributed by atoms with Crippen LogP contribution in [0.5, 0.6) is 0 Å². The first-order valence-electron chi connectivity index (χ1n) is 5.91. The third-order valence-corrected chi connectivity index (χ3v) is 4.95. The molecule has 0 fully saturated rings. The molecule has 0 amide bonds. The van der Waals surface area contributed by atoms with Crippen LogP contribution in [0.2, 0.25) is 0 Å². The third kappa shape index (κ3) is 2.58. The molecule has 0 aliphatic carbocycles. The second kappa shape index (κ2) is 4.97. The van der Waals surface area contributed by atoms with Crippen molar-refractivity contribution in [3.8, 4) is 0 Å². The first-order valence-corrected chi connectivity index (χ1v) is 8.21. The quantitative estimate of drug-likeness (QED) is 0.794. The minimum Gasteiger partial charge on any atom is -0.221 e. The second-order valence-corrected chi connectivity index (χ2v) is 7.15. The molecule has 6 nitrogen and oxygen atoms in total. The van der Waals surface area contributed by atoms with Gasteiger partial charge in [-0.15, -0.1) is 0 Å². The lowest BCUT2D eigenvalue weighted by Crippen LogP contribution is -2.23. The number of nitrogens with zero attached hydrogens (tertiary/aromatic N) is 3. The Morgan fingerprint density at radius 2 is 2.05 bits per heavy atom. The standard InChI is InChI=1S/C12H12N4O2S2/c1-9-15-16-8-10(14-12(16)19-9)7-13-20(17,18)11-5-3-2-4-6-11/h2-6,8,13H,7H2,1H3. The predicted octanol–water partition coefficient (Wildman–Crippen LogP) is 1.58. The number of rotatable bonds is 4. The van der Waals surface area contributed by atoms with Crippen LogP contribution in [0.15, 0.2) is 41.4 Å². The number of benzene rings is 1. The van der Waals surface area contributed by atoms with Crippen LogP contribution < -0.4 is 4.72 Å². The maximum Gasteiger partial charge on any atom is 0.240 e. The molecule has 2 heterocycles. The molecular formula is C12H12N4O2S2. The maximum absolute atomic E-state index is 12.1. The maximum atomic E-state index is 12.1. The van der Waals surface area contributed by atoms with Crippen LogP contribution >= 0.6 is 11.3 Å². The van der Waals surface area contributed by atoms with E-state index in [-0.39, 0.29) is 11.4 Å². The normalized spacial score (nSPS) is 12.1. The Bertz CT molecular complexity index is 805. The molecule has 104 valence electrons. The number of fused-ring (bicyclic) bond motifs is 1. The van der Waals surface area contributed by atoms with Gasteiger partial charge in [0.05, 0.1) is 23.3 Å². The summed E-state index contributed by atoms with van der Waals surface area (Å²) in [5.41, 5.74) is 0.642. The van der Waals surface area contributed by atoms with E-state index in [9.17, 15) is 8.42 Å². The molecular weight excluding hydrogens is 296 g/mol. The molecule has 0 radical (unpaired) electrons. The van der Waals surface area contributed by atoms with Crippen LogP contribution in [0.4, 0.5) is 0 Å². The first kappa shape index (κ1) is 13.2. The summed E-state index contributed by atoms with van der Waals surface area (Å²) in [4.78, 5) is 5.33. The SMILES string of the molecule is Cc1nn2cc(CNS(=O)(=O)c3ccccc3)nc2s1. The average Bonchev–Trinajstić information content (AvgIpc) is 2.94. The molecule has 2 aromatic heterocycles. The fourth-order valence-corrected chi connectivity index (χ4v) is 3.54. The van der Waals surface area contributed by atoms with Crippen LogP contribution in [0.25, 0.3) is 4.96 Å². The van der Waals surface area contributed by atoms with Gasteiger partial charge in [0.1, 0.15) is 5.01 Å². The van der Waals surface area contributed by atoms with E-state index in [0.717, 1.165) is 9.97 Å². The molecule has 0 aliphatic rings. The number of hydrogen-bond donors (Lipinski definition) is 1. The van der Waals surface area contributed by atoms with Crippen molar-refractivity contribution in [1.82, 2.24) is 19.3 Å². The number of hydrogen-bond acceptors (Lipinski definition) is 5. The number of aromatic nitrogens is 3. The van der Waals surface area contributed by atoms with E-state index in [4.69, 9.17) is 0 Å². The molecule has 0 bridgehead atoms. The monoisotopic (exact) mass is 308 g/mol. The van der Waals surface area contributed by atoms with E-state index in [1.165, 1.54) is 11.3 Å². The van der Waals surface area contributed by atoms with E-state index in [0.29, 0.717) is 5.69 Å². The van der Waals surface area contributed by atoms with Gasteiger partial charge in [-0.25, -0.2) is 22.6 Å². The van der Waals surface area contributed by atoms with E-state index in [1.54, 1.807) is 41.0 Å². The number of nitrogens with one attached hydrogen (secondary N) is 1. The van der Waals surface area contributed by atoms with Crippen molar-refractivity contribution in [2.45, 2.75) is 18.4 Å². The lowest BCUT2D eigenvalue weighted by Gasteiger charge is -2.04. The highest BCUT2D eigenvalue weighted by molar-refractivity contribution is 7.89. The minimum atomic E-state index is -3.50. The van der Waals surface area contributed by atoms with Crippen molar-refractivity contribution in [3.05, 3.63) is 47.2 Å². The van der Waals surface area contributed by atoms with E-state index < -0.39 is 10.0 Å². The van der Waals surface area contributed by atoms with Crippen LogP contribution in [0.3, 0.4) is 0 Å². The molecule has 1 aromatic carbocycles. The van der Waals surface area contributed by atoms with Gasteiger partial charge in [0.25, 0.3) is 0 Å². The fraction of sp³-hybridized carbons (Fsp3) is 0.167. The second-order valence-electron chi connectivity index (χ2n) is 4.22. The average molecular weight is 308 g/mol. The molecule has 0 aliphatic heterocycles. The summed E-state index contributed by atoms with van der Waals surface area (Å²) in [7, 11) is -3.50. The Kier molecular flexibility index (Phi) is 3.28. The van der Waals surface area contributed by atoms with E-state index in [2.05, 4.69) is 14.8 Å². The molecule has 20 heavy (non-hydrogen) atoms. The van der Waals surface area contributed by atoms with Crippen molar-refractivity contribution >= 4 is 26.3 Å². The van der Waals surface area contributed by atoms with Gasteiger partial charge in [-0.3, -0.25) is 0 Å². The van der Waals surface area contributed by atoms with Gasteiger partial charge in [0.15, 0.2) is 0 Å². The van der Waals surface area contributed by atoms with Crippen LogP contribution in [0, 0.1) is 6.92 Å². The summed E-state index contributed by atoms with van der Waals surface area (Å²) < 4.78 is 28.3. The van der Waals surface area contributed by atoms with Gasteiger partial charge >= 0.3 is 0 Å². The lowest BCUT2D eigenvalue weighted by molar-refractivity contribution is 0.580. The Balaban J connectivity index is 1.77. The van der Waals surface area contributed by atoms with Gasteiger partial charge in [-0.05, 0) is 19.1 Å². The predicted molar refractivity (Wildman–Crippen MR) is 76.1 cm³/mol.